The lowest BCUT2D eigenvalue weighted by molar-refractivity contribution is -0.00451. The van der Waals surface area contributed by atoms with Crippen LogP contribution in [0.15, 0.2) is 30.3 Å². The van der Waals surface area contributed by atoms with E-state index in [-0.39, 0.29) is 17.5 Å². The quantitative estimate of drug-likeness (QED) is 0.839. The molecule has 2 fully saturated rings. The van der Waals surface area contributed by atoms with E-state index in [2.05, 4.69) is 29.6 Å². The normalized spacial score (nSPS) is 23.6. The summed E-state index contributed by atoms with van der Waals surface area (Å²) in [7, 11) is 0. The van der Waals surface area contributed by atoms with Gasteiger partial charge >= 0.3 is 6.03 Å². The molecule has 1 aromatic rings. The lowest BCUT2D eigenvalue weighted by atomic mass is 9.96. The third-order valence-corrected chi connectivity index (χ3v) is 5.10. The second kappa shape index (κ2) is 7.53. The van der Waals surface area contributed by atoms with E-state index in [1.807, 2.05) is 11.0 Å². The number of amides is 2. The van der Waals surface area contributed by atoms with Crippen molar-refractivity contribution in [3.05, 3.63) is 35.9 Å². The van der Waals surface area contributed by atoms with E-state index in [9.17, 15) is 9.90 Å². The van der Waals surface area contributed by atoms with Gasteiger partial charge < -0.3 is 20.1 Å². The molecule has 1 aliphatic carbocycles. The van der Waals surface area contributed by atoms with Gasteiger partial charge in [-0.05, 0) is 43.6 Å². The summed E-state index contributed by atoms with van der Waals surface area (Å²) >= 11 is 0. The summed E-state index contributed by atoms with van der Waals surface area (Å²) in [5.41, 5.74) is 1.56. The molecule has 0 spiro atoms. The number of aliphatic hydroxyl groups excluding tert-OH is 1. The van der Waals surface area contributed by atoms with Crippen LogP contribution >= 0.6 is 0 Å². The Kier molecular flexibility index (Phi) is 5.41. The van der Waals surface area contributed by atoms with Gasteiger partial charge in [-0.3, -0.25) is 0 Å². The summed E-state index contributed by atoms with van der Waals surface area (Å²) in [5, 5.41) is 12.8. The van der Waals surface area contributed by atoms with Crippen LogP contribution in [0.4, 0.5) is 4.79 Å². The van der Waals surface area contributed by atoms with Gasteiger partial charge in [0.1, 0.15) is 0 Å². The monoisotopic (exact) mass is 332 g/mol. The lowest BCUT2D eigenvalue weighted by Gasteiger charge is -2.36. The molecule has 1 saturated heterocycles. The smallest absolute Gasteiger partial charge is 0.317 e. The highest BCUT2D eigenvalue weighted by molar-refractivity contribution is 5.74. The summed E-state index contributed by atoms with van der Waals surface area (Å²) in [6.45, 7) is 4.14. The molecular formula is C19H28N2O3. The van der Waals surface area contributed by atoms with Crippen LogP contribution in [0, 0.1) is 5.41 Å². The minimum Gasteiger partial charge on any atom is -0.393 e. The first-order chi connectivity index (χ1) is 11.6. The summed E-state index contributed by atoms with van der Waals surface area (Å²) in [6.07, 6.45) is 3.49. The molecule has 0 aromatic heterocycles. The average Bonchev–Trinajstić information content (AvgIpc) is 3.33. The number of ether oxygens (including phenoxy) is 1. The van der Waals surface area contributed by atoms with Gasteiger partial charge in [-0.25, -0.2) is 4.79 Å². The standard InChI is InChI=1S/C19H28N2O3/c1-15(22)11-17-13-24-10-9-21(17)18(23)20-14-19(7-8-19)12-16-5-3-2-4-6-16/h2-6,15,17,22H,7-14H2,1H3,(H,20,23)/t15-,17-/m1/s1. The lowest BCUT2D eigenvalue weighted by Crippen LogP contribution is -2.54. The zero-order valence-electron chi connectivity index (χ0n) is 14.4. The van der Waals surface area contributed by atoms with Crippen molar-refractivity contribution in [1.82, 2.24) is 10.2 Å². The molecule has 0 unspecified atom stereocenters. The maximum Gasteiger partial charge on any atom is 0.317 e. The topological polar surface area (TPSA) is 61.8 Å². The van der Waals surface area contributed by atoms with Crippen LogP contribution in [0.1, 0.15) is 31.7 Å². The predicted octanol–water partition coefficient (Wildman–Crippen LogP) is 2.19. The second-order valence-electron chi connectivity index (χ2n) is 7.33. The fourth-order valence-electron chi connectivity index (χ4n) is 3.50. The van der Waals surface area contributed by atoms with Crippen molar-refractivity contribution in [2.24, 2.45) is 5.41 Å². The molecule has 1 aromatic carbocycles. The molecule has 5 nitrogen and oxygen atoms in total. The van der Waals surface area contributed by atoms with Crippen molar-refractivity contribution < 1.29 is 14.6 Å². The van der Waals surface area contributed by atoms with Crippen molar-refractivity contribution in [3.8, 4) is 0 Å². The Morgan fingerprint density at radius 3 is 2.83 bits per heavy atom. The number of benzene rings is 1. The van der Waals surface area contributed by atoms with Crippen molar-refractivity contribution in [2.45, 2.75) is 44.8 Å². The molecule has 132 valence electrons. The van der Waals surface area contributed by atoms with Crippen LogP contribution in [-0.4, -0.2) is 54.5 Å². The Morgan fingerprint density at radius 1 is 1.42 bits per heavy atom. The van der Waals surface area contributed by atoms with Gasteiger partial charge in [0.25, 0.3) is 0 Å². The van der Waals surface area contributed by atoms with Gasteiger partial charge in [0.15, 0.2) is 0 Å². The number of nitrogens with one attached hydrogen (secondary N) is 1. The average molecular weight is 332 g/mol. The molecule has 5 heteroatoms. The molecule has 3 rings (SSSR count). The van der Waals surface area contributed by atoms with Gasteiger partial charge in [0.2, 0.25) is 0 Å². The molecule has 2 aliphatic rings. The van der Waals surface area contributed by atoms with E-state index in [4.69, 9.17) is 4.74 Å². The molecule has 24 heavy (non-hydrogen) atoms. The summed E-state index contributed by atoms with van der Waals surface area (Å²) < 4.78 is 5.47. The van der Waals surface area contributed by atoms with E-state index < -0.39 is 6.10 Å². The first-order valence-electron chi connectivity index (χ1n) is 8.92. The summed E-state index contributed by atoms with van der Waals surface area (Å²) in [4.78, 5) is 14.4. The maximum absolute atomic E-state index is 12.6. The van der Waals surface area contributed by atoms with Crippen molar-refractivity contribution in [2.75, 3.05) is 26.3 Å². The van der Waals surface area contributed by atoms with E-state index in [0.717, 1.165) is 13.0 Å². The Hall–Kier alpha value is -1.59. The Balaban J connectivity index is 1.52. The van der Waals surface area contributed by atoms with Crippen LogP contribution in [-0.2, 0) is 11.2 Å². The van der Waals surface area contributed by atoms with Crippen molar-refractivity contribution >= 4 is 6.03 Å². The van der Waals surface area contributed by atoms with Crippen LogP contribution < -0.4 is 5.32 Å². The number of nitrogens with zero attached hydrogens (tertiary/aromatic N) is 1. The van der Waals surface area contributed by atoms with Crippen LogP contribution in [0.25, 0.3) is 0 Å². The van der Waals surface area contributed by atoms with Crippen molar-refractivity contribution in [3.63, 3.8) is 0 Å². The molecule has 1 aliphatic heterocycles. The molecule has 1 saturated carbocycles. The Morgan fingerprint density at radius 2 is 2.17 bits per heavy atom. The first kappa shape index (κ1) is 17.2. The van der Waals surface area contributed by atoms with Gasteiger partial charge in [-0.2, -0.15) is 0 Å². The van der Waals surface area contributed by atoms with E-state index >= 15 is 0 Å². The third-order valence-electron chi connectivity index (χ3n) is 5.10. The highest BCUT2D eigenvalue weighted by atomic mass is 16.5. The third kappa shape index (κ3) is 4.48. The predicted molar refractivity (Wildman–Crippen MR) is 92.8 cm³/mol. The number of morpholine rings is 1. The summed E-state index contributed by atoms with van der Waals surface area (Å²) in [5.74, 6) is 0. The highest BCUT2D eigenvalue weighted by Gasteiger charge is 2.43. The van der Waals surface area contributed by atoms with Crippen LogP contribution in [0.3, 0.4) is 0 Å². The number of hydrogen-bond donors (Lipinski definition) is 2. The van der Waals surface area contributed by atoms with Gasteiger partial charge in [0.05, 0.1) is 25.4 Å². The highest BCUT2D eigenvalue weighted by Crippen LogP contribution is 2.47. The molecule has 1 heterocycles. The minimum absolute atomic E-state index is 0.0247. The van der Waals surface area contributed by atoms with Crippen LogP contribution in [0.2, 0.25) is 0 Å². The largest absolute Gasteiger partial charge is 0.393 e. The molecule has 2 N–H and O–H groups in total. The number of hydrogen-bond acceptors (Lipinski definition) is 3. The maximum atomic E-state index is 12.6. The fraction of sp³-hybridized carbons (Fsp3) is 0.632. The van der Waals surface area contributed by atoms with Gasteiger partial charge in [0, 0.05) is 13.1 Å². The zero-order valence-corrected chi connectivity index (χ0v) is 14.4. The molecule has 2 atom stereocenters. The molecule has 2 amide bonds. The fourth-order valence-corrected chi connectivity index (χ4v) is 3.50. The summed E-state index contributed by atoms with van der Waals surface area (Å²) in [6, 6.07) is 10.4. The zero-order chi connectivity index (χ0) is 17.0. The number of carbonyl (C=O) groups excluding carboxylic acids is 1. The van der Waals surface area contributed by atoms with Crippen molar-refractivity contribution in [1.29, 1.82) is 0 Å². The SMILES string of the molecule is C[C@@H](O)C[C@@H]1COCCN1C(=O)NCC1(Cc2ccccc2)CC1. The number of carbonyl (C=O) groups is 1. The number of aliphatic hydroxyl groups is 1. The van der Waals surface area contributed by atoms with Gasteiger partial charge in [-0.15, -0.1) is 0 Å². The Labute approximate surface area is 144 Å². The number of urea groups is 1. The molecule has 0 bridgehead atoms. The molecule has 0 radical (unpaired) electrons. The first-order valence-corrected chi connectivity index (χ1v) is 8.92. The second-order valence-corrected chi connectivity index (χ2v) is 7.33. The van der Waals surface area contributed by atoms with Gasteiger partial charge in [-0.1, -0.05) is 30.3 Å². The van der Waals surface area contributed by atoms with Crippen LogP contribution in [0.5, 0.6) is 0 Å². The molecular weight excluding hydrogens is 304 g/mol. The van der Waals surface area contributed by atoms with E-state index in [1.54, 1.807) is 6.92 Å². The number of rotatable bonds is 6. The van der Waals surface area contributed by atoms with E-state index in [0.29, 0.717) is 26.2 Å². The van der Waals surface area contributed by atoms with E-state index in [1.165, 1.54) is 18.4 Å². The Bertz CT molecular complexity index is 543. The minimum atomic E-state index is -0.431.